The maximum atomic E-state index is 12.8. The van der Waals surface area contributed by atoms with Gasteiger partial charge in [-0.05, 0) is 23.8 Å². The summed E-state index contributed by atoms with van der Waals surface area (Å²) >= 11 is 7.17. The zero-order valence-corrected chi connectivity index (χ0v) is 17.8. The summed E-state index contributed by atoms with van der Waals surface area (Å²) in [5, 5.41) is 5.30. The first-order chi connectivity index (χ1) is 14.6. The van der Waals surface area contributed by atoms with E-state index in [0.717, 1.165) is 19.6 Å². The Morgan fingerprint density at radius 1 is 1.03 bits per heavy atom. The molecule has 0 unspecified atom stereocenters. The third-order valence-electron chi connectivity index (χ3n) is 4.94. The number of nitrogens with zero attached hydrogens (tertiary/aromatic N) is 3. The third kappa shape index (κ3) is 5.05. The van der Waals surface area contributed by atoms with E-state index in [4.69, 9.17) is 11.6 Å². The van der Waals surface area contributed by atoms with Gasteiger partial charge >= 0.3 is 0 Å². The number of anilines is 1. The normalized spacial score (nSPS) is 14.5. The maximum absolute atomic E-state index is 12.8. The lowest BCUT2D eigenvalue weighted by atomic mass is 10.2. The molecule has 1 aromatic heterocycles. The van der Waals surface area contributed by atoms with Crippen LogP contribution in [0.25, 0.3) is 0 Å². The number of carbonyl (C=O) groups is 2. The van der Waals surface area contributed by atoms with E-state index < -0.39 is 0 Å². The molecule has 0 bridgehead atoms. The molecule has 154 valence electrons. The second-order valence-corrected chi connectivity index (χ2v) is 8.35. The van der Waals surface area contributed by atoms with E-state index in [2.05, 4.69) is 27.3 Å². The third-order valence-corrected chi connectivity index (χ3v) is 5.93. The van der Waals surface area contributed by atoms with Crippen molar-refractivity contribution in [3.05, 3.63) is 81.8 Å². The number of aromatic nitrogens is 1. The summed E-state index contributed by atoms with van der Waals surface area (Å²) in [6.45, 7) is 3.85. The number of thiazole rings is 1. The molecule has 1 aliphatic heterocycles. The quantitative estimate of drug-likeness (QED) is 0.651. The van der Waals surface area contributed by atoms with E-state index in [0.29, 0.717) is 34.5 Å². The molecule has 1 saturated heterocycles. The molecule has 1 fully saturated rings. The first-order valence-electron chi connectivity index (χ1n) is 9.66. The first kappa shape index (κ1) is 20.5. The summed E-state index contributed by atoms with van der Waals surface area (Å²) in [6.07, 6.45) is 0. The van der Waals surface area contributed by atoms with Gasteiger partial charge < -0.3 is 4.90 Å². The van der Waals surface area contributed by atoms with E-state index in [-0.39, 0.29) is 11.8 Å². The number of halogens is 1. The molecule has 1 aliphatic rings. The number of benzene rings is 2. The minimum absolute atomic E-state index is 0.103. The predicted molar refractivity (Wildman–Crippen MR) is 119 cm³/mol. The van der Waals surface area contributed by atoms with Crippen molar-refractivity contribution in [1.29, 1.82) is 0 Å². The second-order valence-electron chi connectivity index (χ2n) is 7.06. The van der Waals surface area contributed by atoms with Crippen LogP contribution in [0.15, 0.2) is 60.0 Å². The van der Waals surface area contributed by atoms with E-state index in [1.54, 1.807) is 29.6 Å². The topological polar surface area (TPSA) is 65.5 Å². The molecule has 4 rings (SSSR count). The highest BCUT2D eigenvalue weighted by molar-refractivity contribution is 7.14. The molecule has 8 heteroatoms. The smallest absolute Gasteiger partial charge is 0.273 e. The van der Waals surface area contributed by atoms with Gasteiger partial charge in [-0.1, -0.05) is 48.0 Å². The fourth-order valence-corrected chi connectivity index (χ4v) is 4.21. The van der Waals surface area contributed by atoms with Gasteiger partial charge in [0, 0.05) is 48.7 Å². The minimum Gasteiger partial charge on any atom is -0.335 e. The van der Waals surface area contributed by atoms with Crippen molar-refractivity contribution in [3.8, 4) is 0 Å². The maximum Gasteiger partial charge on any atom is 0.273 e. The Morgan fingerprint density at radius 2 is 1.80 bits per heavy atom. The van der Waals surface area contributed by atoms with Gasteiger partial charge in [0.2, 0.25) is 0 Å². The van der Waals surface area contributed by atoms with Crippen molar-refractivity contribution in [3.63, 3.8) is 0 Å². The number of nitrogens with one attached hydrogen (secondary N) is 1. The Kier molecular flexibility index (Phi) is 6.42. The Labute approximate surface area is 184 Å². The van der Waals surface area contributed by atoms with Crippen LogP contribution in [0.4, 0.5) is 5.13 Å². The van der Waals surface area contributed by atoms with Crippen LogP contribution < -0.4 is 5.32 Å². The van der Waals surface area contributed by atoms with Crippen LogP contribution in [0.1, 0.15) is 26.4 Å². The van der Waals surface area contributed by atoms with Gasteiger partial charge in [-0.25, -0.2) is 4.98 Å². The summed E-state index contributed by atoms with van der Waals surface area (Å²) in [5.41, 5.74) is 2.08. The summed E-state index contributed by atoms with van der Waals surface area (Å²) in [6, 6.07) is 17.0. The Hall–Kier alpha value is -2.74. The molecule has 2 heterocycles. The molecule has 1 N–H and O–H groups in total. The van der Waals surface area contributed by atoms with E-state index in [1.807, 2.05) is 23.1 Å². The van der Waals surface area contributed by atoms with Crippen molar-refractivity contribution in [2.45, 2.75) is 6.54 Å². The number of amides is 2. The lowest BCUT2D eigenvalue weighted by Crippen LogP contribution is -2.48. The van der Waals surface area contributed by atoms with Gasteiger partial charge in [0.15, 0.2) is 5.13 Å². The molecule has 2 aromatic carbocycles. The molecule has 2 amide bonds. The van der Waals surface area contributed by atoms with Gasteiger partial charge in [0.1, 0.15) is 5.69 Å². The SMILES string of the molecule is O=C(Nc1nc(C(=O)N2CCN(Cc3ccccc3)CC2)cs1)c1cccc(Cl)c1. The number of hydrogen-bond acceptors (Lipinski definition) is 5. The molecular formula is C22H21ClN4O2S. The number of carbonyl (C=O) groups excluding carboxylic acids is 2. The molecular weight excluding hydrogens is 420 g/mol. The first-order valence-corrected chi connectivity index (χ1v) is 10.9. The molecule has 0 aliphatic carbocycles. The molecule has 0 radical (unpaired) electrons. The average molecular weight is 441 g/mol. The zero-order chi connectivity index (χ0) is 20.9. The van der Waals surface area contributed by atoms with Crippen LogP contribution in [0.2, 0.25) is 5.02 Å². The van der Waals surface area contributed by atoms with Gasteiger partial charge in [-0.3, -0.25) is 19.8 Å². The van der Waals surface area contributed by atoms with Crippen LogP contribution in [0.5, 0.6) is 0 Å². The van der Waals surface area contributed by atoms with E-state index >= 15 is 0 Å². The molecule has 30 heavy (non-hydrogen) atoms. The highest BCUT2D eigenvalue weighted by Crippen LogP contribution is 2.20. The van der Waals surface area contributed by atoms with Crippen LogP contribution in [0.3, 0.4) is 0 Å². The van der Waals surface area contributed by atoms with Gasteiger partial charge in [-0.2, -0.15) is 0 Å². The molecule has 0 saturated carbocycles. The highest BCUT2D eigenvalue weighted by atomic mass is 35.5. The van der Waals surface area contributed by atoms with E-state index in [9.17, 15) is 9.59 Å². The Bertz CT molecular complexity index is 1030. The standard InChI is InChI=1S/C22H21ClN4O2S/c23-18-8-4-7-17(13-18)20(28)25-22-24-19(15-30-22)21(29)27-11-9-26(10-12-27)14-16-5-2-1-3-6-16/h1-8,13,15H,9-12,14H2,(H,24,25,28). The van der Waals surface area contributed by atoms with Crippen molar-refractivity contribution in [1.82, 2.24) is 14.8 Å². The van der Waals surface area contributed by atoms with Crippen molar-refractivity contribution in [2.75, 3.05) is 31.5 Å². The fourth-order valence-electron chi connectivity index (χ4n) is 3.34. The van der Waals surface area contributed by atoms with Gasteiger partial charge in [-0.15, -0.1) is 11.3 Å². The summed E-state index contributed by atoms with van der Waals surface area (Å²) in [4.78, 5) is 33.6. The predicted octanol–water partition coefficient (Wildman–Crippen LogP) is 4.01. The summed E-state index contributed by atoms with van der Waals surface area (Å²) in [7, 11) is 0. The molecule has 6 nitrogen and oxygen atoms in total. The highest BCUT2D eigenvalue weighted by Gasteiger charge is 2.24. The lowest BCUT2D eigenvalue weighted by Gasteiger charge is -2.34. The zero-order valence-electron chi connectivity index (χ0n) is 16.3. The van der Waals surface area contributed by atoms with E-state index in [1.165, 1.54) is 16.9 Å². The molecule has 3 aromatic rings. The second kappa shape index (κ2) is 9.38. The molecule has 0 atom stereocenters. The van der Waals surface area contributed by atoms with Crippen LogP contribution in [-0.4, -0.2) is 52.8 Å². The Morgan fingerprint density at radius 3 is 2.53 bits per heavy atom. The van der Waals surface area contributed by atoms with Crippen LogP contribution in [-0.2, 0) is 6.54 Å². The van der Waals surface area contributed by atoms with Gasteiger partial charge in [0.05, 0.1) is 0 Å². The Balaban J connectivity index is 1.31. The van der Waals surface area contributed by atoms with Crippen LogP contribution in [0, 0.1) is 0 Å². The van der Waals surface area contributed by atoms with Crippen LogP contribution >= 0.6 is 22.9 Å². The number of piperazine rings is 1. The monoisotopic (exact) mass is 440 g/mol. The van der Waals surface area contributed by atoms with Crippen molar-refractivity contribution in [2.24, 2.45) is 0 Å². The largest absolute Gasteiger partial charge is 0.335 e. The van der Waals surface area contributed by atoms with Gasteiger partial charge in [0.25, 0.3) is 11.8 Å². The fraction of sp³-hybridized carbons (Fsp3) is 0.227. The lowest BCUT2D eigenvalue weighted by molar-refractivity contribution is 0.0623. The summed E-state index contributed by atoms with van der Waals surface area (Å²) in [5.74, 6) is -0.408. The average Bonchev–Trinajstić information content (AvgIpc) is 3.23. The number of rotatable bonds is 5. The van der Waals surface area contributed by atoms with Crippen molar-refractivity contribution >= 4 is 39.9 Å². The molecule has 0 spiro atoms. The minimum atomic E-state index is -0.305. The van der Waals surface area contributed by atoms with Crippen molar-refractivity contribution < 1.29 is 9.59 Å². The summed E-state index contributed by atoms with van der Waals surface area (Å²) < 4.78 is 0. The number of hydrogen-bond donors (Lipinski definition) is 1.